The summed E-state index contributed by atoms with van der Waals surface area (Å²) >= 11 is 1.65. The lowest BCUT2D eigenvalue weighted by Gasteiger charge is -2.22. The number of thioether (sulfide) groups is 1. The molecule has 19 heavy (non-hydrogen) atoms. The molecule has 0 bridgehead atoms. The third-order valence-electron chi connectivity index (χ3n) is 2.91. The molecule has 0 amide bonds. The Morgan fingerprint density at radius 1 is 1.47 bits per heavy atom. The van der Waals surface area contributed by atoms with Crippen molar-refractivity contribution in [2.45, 2.75) is 38.5 Å². The highest BCUT2D eigenvalue weighted by molar-refractivity contribution is 7.99. The normalized spacial score (nSPS) is 13.9. The average molecular weight is 284 g/mol. The van der Waals surface area contributed by atoms with E-state index in [1.54, 1.807) is 11.8 Å². The van der Waals surface area contributed by atoms with Crippen LogP contribution < -0.4 is 10.6 Å². The standard InChI is InChI=1S/C13H24N4OS/c1-5-6-14-13-15-7-9(2)12(17-13)16-10(3)11(8-18)19-4/h7,10-11,18H,5-6,8H2,1-4H3,(H2,14,15,16,17). The van der Waals surface area contributed by atoms with Crippen molar-refractivity contribution in [3.63, 3.8) is 0 Å². The minimum atomic E-state index is 0.146. The number of hydrogen-bond acceptors (Lipinski definition) is 6. The molecule has 0 saturated carbocycles. The van der Waals surface area contributed by atoms with E-state index in [1.165, 1.54) is 0 Å². The number of anilines is 2. The largest absolute Gasteiger partial charge is 0.395 e. The second-order valence-corrected chi connectivity index (χ2v) is 5.62. The van der Waals surface area contributed by atoms with Gasteiger partial charge < -0.3 is 15.7 Å². The van der Waals surface area contributed by atoms with Crippen molar-refractivity contribution < 1.29 is 5.11 Å². The van der Waals surface area contributed by atoms with E-state index in [9.17, 15) is 5.11 Å². The lowest BCUT2D eigenvalue weighted by atomic mass is 10.2. The molecule has 0 aliphatic carbocycles. The van der Waals surface area contributed by atoms with Gasteiger partial charge in [-0.05, 0) is 26.5 Å². The minimum Gasteiger partial charge on any atom is -0.395 e. The summed E-state index contributed by atoms with van der Waals surface area (Å²) in [5.41, 5.74) is 1.01. The molecule has 0 spiro atoms. The quantitative estimate of drug-likeness (QED) is 0.679. The summed E-state index contributed by atoms with van der Waals surface area (Å²) in [7, 11) is 0. The maximum Gasteiger partial charge on any atom is 0.224 e. The number of nitrogens with zero attached hydrogens (tertiary/aromatic N) is 2. The molecule has 1 aromatic rings. The smallest absolute Gasteiger partial charge is 0.224 e. The van der Waals surface area contributed by atoms with Gasteiger partial charge >= 0.3 is 0 Å². The van der Waals surface area contributed by atoms with Gasteiger partial charge in [-0.3, -0.25) is 0 Å². The van der Waals surface area contributed by atoms with E-state index in [-0.39, 0.29) is 17.9 Å². The van der Waals surface area contributed by atoms with Crippen LogP contribution in [0.2, 0.25) is 0 Å². The zero-order chi connectivity index (χ0) is 14.3. The fourth-order valence-electron chi connectivity index (χ4n) is 1.66. The molecule has 0 saturated heterocycles. The highest BCUT2D eigenvalue weighted by Gasteiger charge is 2.16. The highest BCUT2D eigenvalue weighted by Crippen LogP contribution is 2.18. The molecule has 0 aromatic carbocycles. The fourth-order valence-corrected chi connectivity index (χ4v) is 2.28. The molecule has 0 aliphatic heterocycles. The molecule has 0 aliphatic rings. The Morgan fingerprint density at radius 3 is 2.79 bits per heavy atom. The van der Waals surface area contributed by atoms with Crippen LogP contribution >= 0.6 is 11.8 Å². The van der Waals surface area contributed by atoms with Crippen molar-refractivity contribution in [2.24, 2.45) is 0 Å². The first-order valence-electron chi connectivity index (χ1n) is 6.60. The van der Waals surface area contributed by atoms with E-state index in [4.69, 9.17) is 0 Å². The second-order valence-electron chi connectivity index (χ2n) is 4.54. The van der Waals surface area contributed by atoms with E-state index < -0.39 is 0 Å². The molecule has 1 heterocycles. The van der Waals surface area contributed by atoms with Crippen molar-refractivity contribution in [2.75, 3.05) is 30.0 Å². The van der Waals surface area contributed by atoms with Crippen LogP contribution in [-0.4, -0.2) is 45.8 Å². The van der Waals surface area contributed by atoms with Crippen LogP contribution in [0.5, 0.6) is 0 Å². The number of rotatable bonds is 8. The van der Waals surface area contributed by atoms with Gasteiger partial charge in [0.15, 0.2) is 0 Å². The Hall–Kier alpha value is -1.01. The average Bonchev–Trinajstić information content (AvgIpc) is 2.41. The van der Waals surface area contributed by atoms with Gasteiger partial charge in [-0.25, -0.2) is 4.98 Å². The number of aromatic nitrogens is 2. The van der Waals surface area contributed by atoms with Crippen molar-refractivity contribution in [3.05, 3.63) is 11.8 Å². The Labute approximate surface area is 119 Å². The zero-order valence-corrected chi connectivity index (χ0v) is 12.9. The first-order chi connectivity index (χ1) is 9.12. The minimum absolute atomic E-state index is 0.146. The van der Waals surface area contributed by atoms with Crippen LogP contribution in [0, 0.1) is 6.92 Å². The van der Waals surface area contributed by atoms with Gasteiger partial charge in [-0.1, -0.05) is 6.92 Å². The highest BCUT2D eigenvalue weighted by atomic mass is 32.2. The van der Waals surface area contributed by atoms with Crippen LogP contribution in [0.1, 0.15) is 25.8 Å². The van der Waals surface area contributed by atoms with Gasteiger partial charge in [-0.15, -0.1) is 0 Å². The van der Waals surface area contributed by atoms with Crippen LogP contribution in [0.25, 0.3) is 0 Å². The number of aliphatic hydroxyl groups is 1. The molecular formula is C13H24N4OS. The van der Waals surface area contributed by atoms with E-state index in [1.807, 2.05) is 19.4 Å². The zero-order valence-electron chi connectivity index (χ0n) is 12.1. The maximum atomic E-state index is 9.31. The number of nitrogens with one attached hydrogen (secondary N) is 2. The molecule has 3 N–H and O–H groups in total. The first-order valence-corrected chi connectivity index (χ1v) is 7.88. The Balaban J connectivity index is 2.75. The molecule has 1 aromatic heterocycles. The van der Waals surface area contributed by atoms with Crippen LogP contribution in [0.15, 0.2) is 6.20 Å². The molecule has 2 atom stereocenters. The predicted molar refractivity (Wildman–Crippen MR) is 83.0 cm³/mol. The third kappa shape index (κ3) is 4.87. The number of aliphatic hydroxyl groups excluding tert-OH is 1. The molecule has 0 fully saturated rings. The summed E-state index contributed by atoms with van der Waals surface area (Å²) < 4.78 is 0. The van der Waals surface area contributed by atoms with Crippen molar-refractivity contribution in [1.82, 2.24) is 9.97 Å². The molecule has 108 valence electrons. The van der Waals surface area contributed by atoms with Gasteiger partial charge in [0, 0.05) is 29.6 Å². The first kappa shape index (κ1) is 16.0. The lowest BCUT2D eigenvalue weighted by Crippen LogP contribution is -2.31. The lowest BCUT2D eigenvalue weighted by molar-refractivity contribution is 0.288. The predicted octanol–water partition coefficient (Wildman–Crippen LogP) is 2.13. The Kier molecular flexibility index (Phi) is 6.94. The molecule has 2 unspecified atom stereocenters. The van der Waals surface area contributed by atoms with Gasteiger partial charge in [0.1, 0.15) is 5.82 Å². The van der Waals surface area contributed by atoms with E-state index in [0.29, 0.717) is 5.95 Å². The molecule has 6 heteroatoms. The monoisotopic (exact) mass is 284 g/mol. The second kappa shape index (κ2) is 8.22. The van der Waals surface area contributed by atoms with E-state index >= 15 is 0 Å². The van der Waals surface area contributed by atoms with E-state index in [0.717, 1.165) is 24.3 Å². The molecule has 1 rings (SSSR count). The summed E-state index contributed by atoms with van der Waals surface area (Å²) in [4.78, 5) is 8.73. The van der Waals surface area contributed by atoms with Crippen molar-refractivity contribution in [3.8, 4) is 0 Å². The number of hydrogen-bond donors (Lipinski definition) is 3. The van der Waals surface area contributed by atoms with Gasteiger partial charge in [0.2, 0.25) is 5.95 Å². The Bertz CT molecular complexity index is 385. The summed E-state index contributed by atoms with van der Waals surface area (Å²) in [6.45, 7) is 7.15. The number of aryl methyl sites for hydroxylation is 1. The molecule has 5 nitrogen and oxygen atoms in total. The molecular weight excluding hydrogens is 260 g/mol. The summed E-state index contributed by atoms with van der Waals surface area (Å²) in [6, 6.07) is 0.146. The maximum absolute atomic E-state index is 9.31. The summed E-state index contributed by atoms with van der Waals surface area (Å²) in [6.07, 6.45) is 4.85. The van der Waals surface area contributed by atoms with Crippen molar-refractivity contribution >= 4 is 23.5 Å². The van der Waals surface area contributed by atoms with Crippen LogP contribution in [-0.2, 0) is 0 Å². The van der Waals surface area contributed by atoms with E-state index in [2.05, 4.69) is 34.4 Å². The van der Waals surface area contributed by atoms with Gasteiger partial charge in [-0.2, -0.15) is 16.7 Å². The summed E-state index contributed by atoms with van der Waals surface area (Å²) in [5, 5.41) is 16.0. The Morgan fingerprint density at radius 2 is 2.21 bits per heavy atom. The molecule has 0 radical (unpaired) electrons. The van der Waals surface area contributed by atoms with Gasteiger partial charge in [0.25, 0.3) is 0 Å². The van der Waals surface area contributed by atoms with Crippen molar-refractivity contribution in [1.29, 1.82) is 0 Å². The van der Waals surface area contributed by atoms with Gasteiger partial charge in [0.05, 0.1) is 6.61 Å². The van der Waals surface area contributed by atoms with Crippen LogP contribution in [0.3, 0.4) is 0 Å². The third-order valence-corrected chi connectivity index (χ3v) is 4.07. The summed E-state index contributed by atoms with van der Waals surface area (Å²) in [5.74, 6) is 1.47. The fraction of sp³-hybridized carbons (Fsp3) is 0.692. The SMILES string of the molecule is CCCNc1ncc(C)c(NC(C)C(CO)SC)n1. The topological polar surface area (TPSA) is 70.1 Å². The van der Waals surface area contributed by atoms with Crippen LogP contribution in [0.4, 0.5) is 11.8 Å².